The molecule has 0 spiro atoms. The van der Waals surface area contributed by atoms with E-state index in [0.29, 0.717) is 11.3 Å². The van der Waals surface area contributed by atoms with Crippen molar-refractivity contribution >= 4 is 22.7 Å². The second-order valence-corrected chi connectivity index (χ2v) is 8.45. The molecule has 0 bridgehead atoms. The van der Waals surface area contributed by atoms with E-state index in [-0.39, 0.29) is 5.56 Å². The molecule has 158 valence electrons. The fourth-order valence-corrected chi connectivity index (χ4v) is 5.01. The summed E-state index contributed by atoms with van der Waals surface area (Å²) in [5, 5.41) is 10.6. The van der Waals surface area contributed by atoms with E-state index in [1.807, 2.05) is 72.8 Å². The molecule has 0 saturated heterocycles. The number of pyridine rings is 1. The number of nitrogens with one attached hydrogen (secondary N) is 1. The van der Waals surface area contributed by atoms with Crippen molar-refractivity contribution in [2.24, 2.45) is 0 Å². The van der Waals surface area contributed by atoms with Crippen molar-refractivity contribution in [2.75, 3.05) is 0 Å². The Morgan fingerprint density at radius 3 is 2.31 bits per heavy atom. The number of fused-ring (bicyclic) bond motifs is 1. The molecule has 32 heavy (non-hydrogen) atoms. The number of hydrogen-bond donors (Lipinski definition) is 1. The Morgan fingerprint density at radius 1 is 0.875 bits per heavy atom. The highest BCUT2D eigenvalue weighted by Crippen LogP contribution is 2.37. The third-order valence-corrected chi connectivity index (χ3v) is 6.53. The smallest absolute Gasteiger partial charge is 0.263 e. The summed E-state index contributed by atoms with van der Waals surface area (Å²) in [6.45, 7) is 2.80. The number of rotatable bonds is 6. The number of aromatic nitrogens is 4. The van der Waals surface area contributed by atoms with Gasteiger partial charge in [0.05, 0.1) is 4.90 Å². The molecule has 0 aliphatic heterocycles. The van der Waals surface area contributed by atoms with Gasteiger partial charge in [0.1, 0.15) is 5.82 Å². The molecule has 6 heteroatoms. The number of para-hydroxylation sites is 1. The fraction of sp³-hybridized carbons (Fsp3) is 0.115. The molecule has 0 atom stereocenters. The molecule has 5 rings (SSSR count). The minimum atomic E-state index is -0.122. The highest BCUT2D eigenvalue weighted by molar-refractivity contribution is 7.99. The monoisotopic (exact) mass is 438 g/mol. The van der Waals surface area contributed by atoms with E-state index in [4.69, 9.17) is 0 Å². The zero-order valence-corrected chi connectivity index (χ0v) is 18.5. The van der Waals surface area contributed by atoms with Crippen molar-refractivity contribution in [3.8, 4) is 11.1 Å². The fourth-order valence-electron chi connectivity index (χ4n) is 3.93. The Kier molecular flexibility index (Phi) is 5.60. The number of H-pyrrole nitrogens is 1. The third kappa shape index (κ3) is 3.85. The van der Waals surface area contributed by atoms with Crippen LogP contribution < -0.4 is 5.56 Å². The second kappa shape index (κ2) is 8.85. The average Bonchev–Trinajstić information content (AvgIpc) is 3.21. The molecule has 0 aliphatic carbocycles. The topological polar surface area (TPSA) is 63.6 Å². The summed E-state index contributed by atoms with van der Waals surface area (Å²) in [5.41, 5.74) is 3.81. The first-order chi connectivity index (χ1) is 15.7. The summed E-state index contributed by atoms with van der Waals surface area (Å²) < 4.78 is 2.08. The van der Waals surface area contributed by atoms with Crippen LogP contribution in [0.5, 0.6) is 0 Å². The van der Waals surface area contributed by atoms with Crippen LogP contribution in [0.3, 0.4) is 0 Å². The predicted octanol–water partition coefficient (Wildman–Crippen LogP) is 5.55. The molecule has 0 saturated carbocycles. The lowest BCUT2D eigenvalue weighted by Gasteiger charge is -2.13. The molecule has 2 aromatic heterocycles. The lowest BCUT2D eigenvalue weighted by atomic mass is 10.0. The zero-order valence-electron chi connectivity index (χ0n) is 17.7. The maximum absolute atomic E-state index is 13.2. The number of aromatic amines is 1. The van der Waals surface area contributed by atoms with Gasteiger partial charge in [-0.05, 0) is 35.9 Å². The minimum absolute atomic E-state index is 0.122. The van der Waals surface area contributed by atoms with E-state index in [9.17, 15) is 4.79 Å². The molecule has 1 N–H and O–H groups in total. The van der Waals surface area contributed by atoms with Crippen molar-refractivity contribution in [1.82, 2.24) is 19.7 Å². The van der Waals surface area contributed by atoms with Gasteiger partial charge in [-0.15, -0.1) is 10.2 Å². The molecule has 0 amide bonds. The van der Waals surface area contributed by atoms with Gasteiger partial charge in [0.15, 0.2) is 5.16 Å². The highest BCUT2D eigenvalue weighted by atomic mass is 32.2. The van der Waals surface area contributed by atoms with Crippen molar-refractivity contribution in [3.05, 3.63) is 107 Å². The first kappa shape index (κ1) is 20.3. The molecule has 0 radical (unpaired) electrons. The highest BCUT2D eigenvalue weighted by Gasteiger charge is 2.20. The van der Waals surface area contributed by atoms with Gasteiger partial charge in [-0.2, -0.15) is 0 Å². The van der Waals surface area contributed by atoms with Gasteiger partial charge in [-0.25, -0.2) is 0 Å². The van der Waals surface area contributed by atoms with Crippen LogP contribution in [0.15, 0.2) is 99.8 Å². The van der Waals surface area contributed by atoms with Crippen LogP contribution in [0.2, 0.25) is 0 Å². The van der Waals surface area contributed by atoms with Crippen LogP contribution in [0, 0.1) is 0 Å². The van der Waals surface area contributed by atoms with Gasteiger partial charge in [-0.1, -0.05) is 78.9 Å². The third-order valence-electron chi connectivity index (χ3n) is 5.45. The van der Waals surface area contributed by atoms with Gasteiger partial charge in [0, 0.05) is 29.4 Å². The van der Waals surface area contributed by atoms with Crippen molar-refractivity contribution in [3.63, 3.8) is 0 Å². The van der Waals surface area contributed by atoms with E-state index < -0.39 is 0 Å². The summed E-state index contributed by atoms with van der Waals surface area (Å²) in [4.78, 5) is 16.9. The summed E-state index contributed by atoms with van der Waals surface area (Å²) in [6, 6.07) is 28.2. The van der Waals surface area contributed by atoms with Crippen molar-refractivity contribution in [1.29, 1.82) is 0 Å². The Balaban J connectivity index is 1.62. The summed E-state index contributed by atoms with van der Waals surface area (Å²) in [6.07, 6.45) is 0.696. The number of benzene rings is 3. The predicted molar refractivity (Wildman–Crippen MR) is 129 cm³/mol. The molecular weight excluding hydrogens is 416 g/mol. The largest absolute Gasteiger partial charge is 0.321 e. The summed E-state index contributed by atoms with van der Waals surface area (Å²) >= 11 is 1.38. The van der Waals surface area contributed by atoms with E-state index in [2.05, 4.69) is 38.8 Å². The van der Waals surface area contributed by atoms with E-state index >= 15 is 0 Å². The second-order valence-electron chi connectivity index (χ2n) is 7.48. The molecule has 5 nitrogen and oxygen atoms in total. The number of nitrogens with zero attached hydrogens (tertiary/aromatic N) is 3. The molecule has 0 aliphatic rings. The van der Waals surface area contributed by atoms with Crippen molar-refractivity contribution < 1.29 is 0 Å². The van der Waals surface area contributed by atoms with Crippen LogP contribution in [0.1, 0.15) is 18.3 Å². The average molecular weight is 439 g/mol. The molecule has 0 fully saturated rings. The Hall–Kier alpha value is -3.64. The van der Waals surface area contributed by atoms with Gasteiger partial charge < -0.3 is 9.55 Å². The SMILES string of the molecule is CCn1c(Cc2ccccc2)nnc1Sc1c(-c2ccccc2)c2ccccc2[nH]c1=O. The number of hydrogen-bond acceptors (Lipinski definition) is 4. The zero-order chi connectivity index (χ0) is 21.9. The van der Waals surface area contributed by atoms with Gasteiger partial charge >= 0.3 is 0 Å². The van der Waals surface area contributed by atoms with Crippen LogP contribution >= 0.6 is 11.8 Å². The van der Waals surface area contributed by atoms with Crippen LogP contribution in [0.25, 0.3) is 22.0 Å². The van der Waals surface area contributed by atoms with Crippen LogP contribution in [0.4, 0.5) is 0 Å². The van der Waals surface area contributed by atoms with Gasteiger partial charge in [0.25, 0.3) is 5.56 Å². The molecule has 0 unspecified atom stereocenters. The first-order valence-corrected chi connectivity index (χ1v) is 11.4. The minimum Gasteiger partial charge on any atom is -0.321 e. The first-order valence-electron chi connectivity index (χ1n) is 10.6. The van der Waals surface area contributed by atoms with E-state index in [1.54, 1.807) is 0 Å². The maximum Gasteiger partial charge on any atom is 0.263 e. The van der Waals surface area contributed by atoms with Crippen LogP contribution in [-0.2, 0) is 13.0 Å². The standard InChI is InChI=1S/C26H22N4OS/c1-2-30-22(17-18-11-5-3-6-12-18)28-29-26(30)32-24-23(19-13-7-4-8-14-19)20-15-9-10-16-21(20)27-25(24)31/h3-16H,2,17H2,1H3,(H,27,31). The Labute approximate surface area is 190 Å². The van der Waals surface area contributed by atoms with Crippen LogP contribution in [-0.4, -0.2) is 19.7 Å². The van der Waals surface area contributed by atoms with Gasteiger partial charge in [0.2, 0.25) is 0 Å². The quantitative estimate of drug-likeness (QED) is 0.378. The molecular formula is C26H22N4OS. The Bertz CT molecular complexity index is 1430. The lowest BCUT2D eigenvalue weighted by molar-refractivity contribution is 0.651. The van der Waals surface area contributed by atoms with E-state index in [0.717, 1.165) is 39.6 Å². The summed E-state index contributed by atoms with van der Waals surface area (Å²) in [7, 11) is 0. The molecule has 5 aromatic rings. The summed E-state index contributed by atoms with van der Waals surface area (Å²) in [5.74, 6) is 0.889. The van der Waals surface area contributed by atoms with Crippen molar-refractivity contribution in [2.45, 2.75) is 29.9 Å². The Morgan fingerprint density at radius 2 is 1.56 bits per heavy atom. The lowest BCUT2D eigenvalue weighted by Crippen LogP contribution is -2.11. The van der Waals surface area contributed by atoms with Gasteiger partial charge in [-0.3, -0.25) is 4.79 Å². The van der Waals surface area contributed by atoms with E-state index in [1.165, 1.54) is 17.3 Å². The molecule has 3 aromatic carbocycles. The maximum atomic E-state index is 13.2. The normalized spacial score (nSPS) is 11.2. The molecule has 2 heterocycles.